The third kappa shape index (κ3) is 2.80. The minimum Gasteiger partial charge on any atom is -0.396 e. The molecule has 4 heteroatoms. The maximum atomic E-state index is 13.7. The smallest absolute Gasteiger partial charge is 0.143 e. The Labute approximate surface area is 103 Å². The van der Waals surface area contributed by atoms with Gasteiger partial charge in [-0.1, -0.05) is 13.8 Å². The Bertz CT molecular complexity index is 376. The van der Waals surface area contributed by atoms with Gasteiger partial charge in [0.15, 0.2) is 0 Å². The standard InChI is InChI=1S/C12H15BrF2O/c1-3-12(2,7-16)6-8-10(14)5-4-9(13)11(8)15/h4-5,16H,3,6-7H2,1-2H3. The Balaban J connectivity index is 3.10. The van der Waals surface area contributed by atoms with E-state index >= 15 is 0 Å². The second kappa shape index (κ2) is 5.23. The van der Waals surface area contributed by atoms with Gasteiger partial charge in [0.2, 0.25) is 0 Å². The third-order valence-corrected chi connectivity index (χ3v) is 3.59. The molecule has 90 valence electrons. The molecule has 0 aliphatic carbocycles. The molecule has 0 saturated carbocycles. The monoisotopic (exact) mass is 292 g/mol. The fourth-order valence-electron chi connectivity index (χ4n) is 1.45. The van der Waals surface area contributed by atoms with Crippen LogP contribution < -0.4 is 0 Å². The van der Waals surface area contributed by atoms with Crippen molar-refractivity contribution >= 4 is 15.9 Å². The number of benzene rings is 1. The minimum atomic E-state index is -0.576. The van der Waals surface area contributed by atoms with Crippen LogP contribution in [0.3, 0.4) is 0 Å². The highest BCUT2D eigenvalue weighted by Crippen LogP contribution is 2.30. The molecule has 1 aromatic carbocycles. The molecule has 1 unspecified atom stereocenters. The Morgan fingerprint density at radius 2 is 2.00 bits per heavy atom. The number of aliphatic hydroxyl groups excluding tert-OH is 1. The summed E-state index contributed by atoms with van der Waals surface area (Å²) in [5, 5.41) is 9.24. The lowest BCUT2D eigenvalue weighted by atomic mass is 9.82. The van der Waals surface area contributed by atoms with Crippen molar-refractivity contribution in [1.29, 1.82) is 0 Å². The molecule has 0 aromatic heterocycles. The van der Waals surface area contributed by atoms with Crippen LogP contribution in [0.15, 0.2) is 16.6 Å². The molecule has 1 nitrogen and oxygen atoms in total. The van der Waals surface area contributed by atoms with Crippen molar-refractivity contribution in [3.63, 3.8) is 0 Å². The summed E-state index contributed by atoms with van der Waals surface area (Å²) in [4.78, 5) is 0. The summed E-state index contributed by atoms with van der Waals surface area (Å²) in [5.74, 6) is -1.14. The molecule has 0 saturated heterocycles. The molecule has 0 aliphatic rings. The van der Waals surface area contributed by atoms with Gasteiger partial charge in [0.1, 0.15) is 11.6 Å². The zero-order chi connectivity index (χ0) is 12.3. The summed E-state index contributed by atoms with van der Waals surface area (Å²) in [6.45, 7) is 3.62. The van der Waals surface area contributed by atoms with Crippen LogP contribution >= 0.6 is 15.9 Å². The van der Waals surface area contributed by atoms with Crippen molar-refractivity contribution in [2.75, 3.05) is 6.61 Å². The number of hydrogen-bond donors (Lipinski definition) is 1. The lowest BCUT2D eigenvalue weighted by Crippen LogP contribution is -2.24. The second-order valence-electron chi connectivity index (χ2n) is 4.32. The maximum Gasteiger partial charge on any atom is 0.143 e. The highest BCUT2D eigenvalue weighted by atomic mass is 79.9. The molecule has 0 bridgehead atoms. The van der Waals surface area contributed by atoms with E-state index in [2.05, 4.69) is 15.9 Å². The van der Waals surface area contributed by atoms with Crippen LogP contribution in [0.5, 0.6) is 0 Å². The fourth-order valence-corrected chi connectivity index (χ4v) is 1.82. The summed E-state index contributed by atoms with van der Waals surface area (Å²) in [6, 6.07) is 2.58. The van der Waals surface area contributed by atoms with E-state index in [0.717, 1.165) is 0 Å². The first kappa shape index (κ1) is 13.6. The quantitative estimate of drug-likeness (QED) is 0.840. The van der Waals surface area contributed by atoms with Crippen molar-refractivity contribution < 1.29 is 13.9 Å². The minimum absolute atomic E-state index is 0.0350. The molecule has 1 atom stereocenters. The molecule has 1 rings (SSSR count). The Hall–Kier alpha value is -0.480. The number of rotatable bonds is 4. The molecule has 0 radical (unpaired) electrons. The molecular weight excluding hydrogens is 278 g/mol. The molecule has 16 heavy (non-hydrogen) atoms. The van der Waals surface area contributed by atoms with Crippen molar-refractivity contribution in [1.82, 2.24) is 0 Å². The van der Waals surface area contributed by atoms with Crippen molar-refractivity contribution in [3.8, 4) is 0 Å². The average molecular weight is 293 g/mol. The molecule has 0 fully saturated rings. The molecule has 0 amide bonds. The van der Waals surface area contributed by atoms with Gasteiger partial charge in [-0.15, -0.1) is 0 Å². The maximum absolute atomic E-state index is 13.7. The lowest BCUT2D eigenvalue weighted by molar-refractivity contribution is 0.135. The van der Waals surface area contributed by atoms with Gasteiger partial charge in [-0.25, -0.2) is 8.78 Å². The first-order chi connectivity index (χ1) is 7.43. The topological polar surface area (TPSA) is 20.2 Å². The van der Waals surface area contributed by atoms with Gasteiger partial charge in [-0.05, 0) is 46.3 Å². The third-order valence-electron chi connectivity index (χ3n) is 2.98. The predicted octanol–water partition coefficient (Wildman–Crippen LogP) is 3.68. The van der Waals surface area contributed by atoms with Gasteiger partial charge in [0.25, 0.3) is 0 Å². The van der Waals surface area contributed by atoms with Crippen LogP contribution in [0.1, 0.15) is 25.8 Å². The Morgan fingerprint density at radius 1 is 1.38 bits per heavy atom. The molecule has 1 aromatic rings. The van der Waals surface area contributed by atoms with Crippen LogP contribution in [0, 0.1) is 17.0 Å². The zero-order valence-corrected chi connectivity index (χ0v) is 10.9. The zero-order valence-electron chi connectivity index (χ0n) is 9.36. The average Bonchev–Trinajstić information content (AvgIpc) is 2.29. The van der Waals surface area contributed by atoms with Crippen molar-refractivity contribution in [2.45, 2.75) is 26.7 Å². The first-order valence-corrected chi connectivity index (χ1v) is 5.96. The van der Waals surface area contributed by atoms with E-state index in [0.29, 0.717) is 6.42 Å². The number of halogens is 3. The van der Waals surface area contributed by atoms with E-state index in [9.17, 15) is 13.9 Å². The lowest BCUT2D eigenvalue weighted by Gasteiger charge is -2.26. The Morgan fingerprint density at radius 3 is 2.50 bits per heavy atom. The van der Waals surface area contributed by atoms with Gasteiger partial charge in [0, 0.05) is 12.2 Å². The van der Waals surface area contributed by atoms with E-state index in [1.54, 1.807) is 0 Å². The van der Waals surface area contributed by atoms with E-state index in [4.69, 9.17) is 0 Å². The van der Waals surface area contributed by atoms with Gasteiger partial charge in [0.05, 0.1) is 4.47 Å². The van der Waals surface area contributed by atoms with Gasteiger partial charge < -0.3 is 5.11 Å². The summed E-state index contributed by atoms with van der Waals surface area (Å²) < 4.78 is 27.4. The first-order valence-electron chi connectivity index (χ1n) is 5.17. The molecule has 0 aliphatic heterocycles. The van der Waals surface area contributed by atoms with Crippen LogP contribution in [-0.4, -0.2) is 11.7 Å². The largest absolute Gasteiger partial charge is 0.396 e. The van der Waals surface area contributed by atoms with Crippen LogP contribution in [-0.2, 0) is 6.42 Å². The van der Waals surface area contributed by atoms with E-state index in [1.807, 2.05) is 13.8 Å². The molecule has 1 N–H and O–H groups in total. The number of hydrogen-bond acceptors (Lipinski definition) is 1. The van der Waals surface area contributed by atoms with E-state index < -0.39 is 17.0 Å². The predicted molar refractivity (Wildman–Crippen MR) is 63.2 cm³/mol. The molecule has 0 heterocycles. The van der Waals surface area contributed by atoms with Gasteiger partial charge in [-0.2, -0.15) is 0 Å². The summed E-state index contributed by atoms with van der Waals surface area (Å²) in [7, 11) is 0. The highest BCUT2D eigenvalue weighted by Gasteiger charge is 2.25. The van der Waals surface area contributed by atoms with Crippen molar-refractivity contribution in [3.05, 3.63) is 33.8 Å². The highest BCUT2D eigenvalue weighted by molar-refractivity contribution is 9.10. The van der Waals surface area contributed by atoms with Gasteiger partial charge in [-0.3, -0.25) is 0 Å². The van der Waals surface area contributed by atoms with Crippen molar-refractivity contribution in [2.24, 2.45) is 5.41 Å². The van der Waals surface area contributed by atoms with Gasteiger partial charge >= 0.3 is 0 Å². The molecule has 0 spiro atoms. The fraction of sp³-hybridized carbons (Fsp3) is 0.500. The summed E-state index contributed by atoms with van der Waals surface area (Å²) in [6.07, 6.45) is 0.853. The van der Waals surface area contributed by atoms with Crippen LogP contribution in [0.25, 0.3) is 0 Å². The van der Waals surface area contributed by atoms with E-state index in [1.165, 1.54) is 12.1 Å². The second-order valence-corrected chi connectivity index (χ2v) is 5.18. The summed E-state index contributed by atoms with van der Waals surface area (Å²) in [5.41, 5.74) is -0.449. The molecular formula is C12H15BrF2O. The summed E-state index contributed by atoms with van der Waals surface area (Å²) >= 11 is 3.03. The SMILES string of the molecule is CCC(C)(CO)Cc1c(F)ccc(Br)c1F. The van der Waals surface area contributed by atoms with Crippen LogP contribution in [0.2, 0.25) is 0 Å². The van der Waals surface area contributed by atoms with Crippen LogP contribution in [0.4, 0.5) is 8.78 Å². The number of aliphatic hydroxyl groups is 1. The van der Waals surface area contributed by atoms with E-state index in [-0.39, 0.29) is 23.1 Å². The Kier molecular flexibility index (Phi) is 4.44. The normalized spacial score (nSPS) is 14.9.